The van der Waals surface area contributed by atoms with Crippen molar-refractivity contribution in [3.05, 3.63) is 45.8 Å². The van der Waals surface area contributed by atoms with E-state index in [0.29, 0.717) is 4.57 Å². The Labute approximate surface area is 229 Å². The van der Waals surface area contributed by atoms with Crippen LogP contribution in [0.3, 0.4) is 0 Å². The number of H-pyrrole nitrogens is 1. The molecule has 19 heteroatoms. The van der Waals surface area contributed by atoms with Gasteiger partial charge in [0.15, 0.2) is 6.23 Å². The van der Waals surface area contributed by atoms with Gasteiger partial charge in [0, 0.05) is 24.7 Å². The fourth-order valence-corrected chi connectivity index (χ4v) is 4.47. The Bertz CT molecular complexity index is 1300. The number of amides is 3. The largest absolute Gasteiger partial charge is 0.480 e. The summed E-state index contributed by atoms with van der Waals surface area (Å²) >= 11 is 0. The van der Waals surface area contributed by atoms with Crippen LogP contribution in [-0.2, 0) is 23.9 Å². The molecule has 3 rings (SSSR count). The molecule has 0 aliphatic carbocycles. The van der Waals surface area contributed by atoms with E-state index < -0.39 is 103 Å². The highest BCUT2D eigenvalue weighted by Gasteiger charge is 2.54. The van der Waals surface area contributed by atoms with E-state index in [1.165, 1.54) is 6.08 Å². The second kappa shape index (κ2) is 12.6. The van der Waals surface area contributed by atoms with Crippen molar-refractivity contribution in [3.63, 3.8) is 0 Å². The third kappa shape index (κ3) is 6.45. The standard InChI is InChI=1S/C22H30N6O13/c1-2-7-5-28(12(7)20(36)37)18(35)11(26-17(34)10(23)13(31)8(29)6-40-21(24)38)16-14(32)15(33)19(41-16)27-4-3-9(30)25-22(27)39/h2-4,7-8,10-16,19,29,31-33H,1,5-6,23H2,(H2,24,38)(H,26,34)(H,36,37)(H,25,30,39). The van der Waals surface area contributed by atoms with Crippen molar-refractivity contribution < 1.29 is 54.2 Å². The van der Waals surface area contributed by atoms with Crippen LogP contribution in [0.25, 0.3) is 0 Å². The molecule has 19 nitrogen and oxygen atoms in total. The Morgan fingerprint density at radius 3 is 2.46 bits per heavy atom. The van der Waals surface area contributed by atoms with Crippen molar-refractivity contribution in [2.75, 3.05) is 13.2 Å². The molecule has 0 saturated carbocycles. The highest BCUT2D eigenvalue weighted by atomic mass is 16.6. The van der Waals surface area contributed by atoms with Crippen LogP contribution in [0.15, 0.2) is 34.5 Å². The van der Waals surface area contributed by atoms with Crippen LogP contribution >= 0.6 is 0 Å². The molecule has 2 fully saturated rings. The summed E-state index contributed by atoms with van der Waals surface area (Å²) in [5, 5.41) is 53.3. The third-order valence-corrected chi connectivity index (χ3v) is 6.74. The minimum atomic E-state index is -2.07. The van der Waals surface area contributed by atoms with Crippen molar-refractivity contribution in [2.45, 2.75) is 54.9 Å². The number of likely N-dealkylation sites (tertiary alicyclic amines) is 1. The number of carboxylic acids is 1. The van der Waals surface area contributed by atoms with E-state index in [4.69, 9.17) is 16.2 Å². The summed E-state index contributed by atoms with van der Waals surface area (Å²) in [5.41, 5.74) is 8.68. The van der Waals surface area contributed by atoms with Crippen LogP contribution in [0.2, 0.25) is 0 Å². The van der Waals surface area contributed by atoms with E-state index in [-0.39, 0.29) is 6.54 Å². The highest BCUT2D eigenvalue weighted by molar-refractivity contribution is 5.93. The van der Waals surface area contributed by atoms with Crippen LogP contribution < -0.4 is 28.0 Å². The van der Waals surface area contributed by atoms with E-state index in [0.717, 1.165) is 17.2 Å². The van der Waals surface area contributed by atoms with E-state index in [1.54, 1.807) is 0 Å². The number of carbonyl (C=O) groups excluding carboxylic acids is 3. The van der Waals surface area contributed by atoms with Gasteiger partial charge in [0.25, 0.3) is 5.56 Å². The van der Waals surface area contributed by atoms with Crippen molar-refractivity contribution in [3.8, 4) is 0 Å². The van der Waals surface area contributed by atoms with Gasteiger partial charge in [-0.05, 0) is 0 Å². The predicted molar refractivity (Wildman–Crippen MR) is 132 cm³/mol. The minimum absolute atomic E-state index is 0.155. The maximum Gasteiger partial charge on any atom is 0.404 e. The SMILES string of the molecule is C=CC1CN(C(=O)C(NC(=O)C(N)C(O)C(O)COC(N)=O)C2OC(n3ccc(=O)[nH]c3=O)C(O)C2O)C1C(=O)O. The summed E-state index contributed by atoms with van der Waals surface area (Å²) in [6.45, 7) is 2.51. The average Bonchev–Trinajstić information content (AvgIpc) is 3.17. The molecule has 3 amide bonds. The number of carboxylic acid groups (broad SMARTS) is 1. The monoisotopic (exact) mass is 586 g/mol. The molecule has 41 heavy (non-hydrogen) atoms. The quantitative estimate of drug-likeness (QED) is 0.109. The average molecular weight is 587 g/mol. The van der Waals surface area contributed by atoms with Crippen LogP contribution in [0.5, 0.6) is 0 Å². The highest BCUT2D eigenvalue weighted by Crippen LogP contribution is 2.33. The Morgan fingerprint density at radius 2 is 1.90 bits per heavy atom. The summed E-state index contributed by atoms with van der Waals surface area (Å²) in [6, 6.07) is -4.43. The first-order chi connectivity index (χ1) is 19.2. The first-order valence-corrected chi connectivity index (χ1v) is 12.0. The van der Waals surface area contributed by atoms with Gasteiger partial charge in [-0.25, -0.2) is 14.4 Å². The molecule has 1 aromatic heterocycles. The Balaban J connectivity index is 1.91. The number of hydrogen-bond acceptors (Lipinski definition) is 13. The second-order valence-corrected chi connectivity index (χ2v) is 9.36. The molecule has 11 N–H and O–H groups in total. The molecule has 0 aromatic carbocycles. The molecule has 3 heterocycles. The smallest absolute Gasteiger partial charge is 0.404 e. The number of aliphatic hydroxyl groups excluding tert-OH is 4. The second-order valence-electron chi connectivity index (χ2n) is 9.36. The third-order valence-electron chi connectivity index (χ3n) is 6.74. The Morgan fingerprint density at radius 1 is 1.24 bits per heavy atom. The zero-order valence-corrected chi connectivity index (χ0v) is 21.2. The van der Waals surface area contributed by atoms with Crippen molar-refractivity contribution in [1.29, 1.82) is 0 Å². The summed E-state index contributed by atoms with van der Waals surface area (Å²) in [5.74, 6) is -4.48. The lowest BCUT2D eigenvalue weighted by Crippen LogP contribution is -2.68. The molecule has 10 unspecified atom stereocenters. The van der Waals surface area contributed by atoms with Crippen LogP contribution in [0.4, 0.5) is 4.79 Å². The van der Waals surface area contributed by atoms with Gasteiger partial charge in [-0.2, -0.15) is 0 Å². The van der Waals surface area contributed by atoms with Gasteiger partial charge in [-0.1, -0.05) is 6.08 Å². The number of aromatic amines is 1. The van der Waals surface area contributed by atoms with Gasteiger partial charge in [-0.3, -0.25) is 23.9 Å². The normalized spacial score (nSPS) is 28.5. The van der Waals surface area contributed by atoms with Gasteiger partial charge >= 0.3 is 17.8 Å². The number of aliphatic carboxylic acids is 1. The first kappa shape index (κ1) is 31.4. The number of aromatic nitrogens is 2. The summed E-state index contributed by atoms with van der Waals surface area (Å²) in [6.07, 6.45) is -10.4. The van der Waals surface area contributed by atoms with Gasteiger partial charge < -0.3 is 56.7 Å². The number of rotatable bonds is 11. The summed E-state index contributed by atoms with van der Waals surface area (Å²) in [7, 11) is 0. The summed E-state index contributed by atoms with van der Waals surface area (Å²) in [4.78, 5) is 75.5. The molecular formula is C22H30N6O13. The lowest BCUT2D eigenvalue weighted by atomic mass is 9.87. The number of nitrogens with zero attached hydrogens (tertiary/aromatic N) is 2. The fourth-order valence-electron chi connectivity index (χ4n) is 4.47. The molecule has 1 aromatic rings. The summed E-state index contributed by atoms with van der Waals surface area (Å²) < 4.78 is 10.6. The van der Waals surface area contributed by atoms with Crippen molar-refractivity contribution >= 4 is 23.9 Å². The van der Waals surface area contributed by atoms with Gasteiger partial charge in [-0.15, -0.1) is 6.58 Å². The van der Waals surface area contributed by atoms with Crippen LogP contribution in [-0.4, -0.2) is 126 Å². The number of nitrogens with two attached hydrogens (primary N) is 2. The number of aliphatic hydroxyl groups is 4. The molecule has 0 bridgehead atoms. The molecule has 226 valence electrons. The topological polar surface area (TPSA) is 310 Å². The number of primary amides is 1. The van der Waals surface area contributed by atoms with E-state index in [1.807, 2.05) is 4.98 Å². The predicted octanol–water partition coefficient (Wildman–Crippen LogP) is -6.12. The Kier molecular flexibility index (Phi) is 9.63. The maximum atomic E-state index is 13.5. The van der Waals surface area contributed by atoms with Gasteiger partial charge in [0.1, 0.15) is 55.3 Å². The van der Waals surface area contributed by atoms with Gasteiger partial charge in [0.2, 0.25) is 11.8 Å². The van der Waals surface area contributed by atoms with Crippen LogP contribution in [0, 0.1) is 5.92 Å². The fraction of sp³-hybridized carbons (Fsp3) is 0.545. The minimum Gasteiger partial charge on any atom is -0.480 e. The molecule has 2 aliphatic rings. The molecular weight excluding hydrogens is 556 g/mol. The maximum absolute atomic E-state index is 13.5. The lowest BCUT2D eigenvalue weighted by Gasteiger charge is -2.46. The van der Waals surface area contributed by atoms with E-state index in [9.17, 15) is 54.3 Å². The molecule has 0 spiro atoms. The zero-order chi connectivity index (χ0) is 30.8. The van der Waals surface area contributed by atoms with Gasteiger partial charge in [0.05, 0.1) is 0 Å². The first-order valence-electron chi connectivity index (χ1n) is 12.0. The van der Waals surface area contributed by atoms with Crippen molar-refractivity contribution in [2.24, 2.45) is 17.4 Å². The molecule has 2 saturated heterocycles. The number of carbonyl (C=O) groups is 4. The zero-order valence-electron chi connectivity index (χ0n) is 21.2. The molecule has 10 atom stereocenters. The van der Waals surface area contributed by atoms with Crippen molar-refractivity contribution in [1.82, 2.24) is 19.8 Å². The van der Waals surface area contributed by atoms with Crippen LogP contribution in [0.1, 0.15) is 6.23 Å². The number of nitrogens with one attached hydrogen (secondary N) is 2. The Hall–Kier alpha value is -4.14. The number of hydrogen-bond donors (Lipinski definition) is 9. The number of ether oxygens (including phenoxy) is 2. The lowest BCUT2D eigenvalue weighted by molar-refractivity contribution is -0.166. The van der Waals surface area contributed by atoms with E-state index in [2.05, 4.69) is 16.6 Å². The van der Waals surface area contributed by atoms with E-state index >= 15 is 0 Å². The molecule has 2 aliphatic heterocycles. The molecule has 0 radical (unpaired) electrons.